The van der Waals surface area contributed by atoms with Gasteiger partial charge in [0.05, 0.1) is 0 Å². The topological polar surface area (TPSA) is 89.5 Å². The van der Waals surface area contributed by atoms with Gasteiger partial charge >= 0.3 is 21.3 Å². The number of rotatable bonds is 7. The van der Waals surface area contributed by atoms with Crippen LogP contribution in [0.1, 0.15) is 55.8 Å². The Balaban J connectivity index is 1.46. The zero-order chi connectivity index (χ0) is 21.7. The van der Waals surface area contributed by atoms with E-state index in [4.69, 9.17) is 0 Å². The first kappa shape index (κ1) is 21.4. The van der Waals surface area contributed by atoms with Crippen molar-refractivity contribution in [3.8, 4) is 0 Å². The number of carbonyl (C=O) groups excluding carboxylic acids is 2. The molecule has 0 aromatic heterocycles. The summed E-state index contributed by atoms with van der Waals surface area (Å²) < 4.78 is 58.3. The summed E-state index contributed by atoms with van der Waals surface area (Å²) in [4.78, 5) is 24.7. The number of carbonyl (C=O) groups is 2. The van der Waals surface area contributed by atoms with Gasteiger partial charge in [0, 0.05) is 11.1 Å². The van der Waals surface area contributed by atoms with E-state index < -0.39 is 38.7 Å². The molecule has 164 valence electrons. The highest BCUT2D eigenvalue weighted by Gasteiger charge is 2.59. The Bertz CT molecular complexity index is 912. The van der Waals surface area contributed by atoms with Gasteiger partial charge in [-0.15, -0.1) is 0 Å². The van der Waals surface area contributed by atoms with Crippen molar-refractivity contribution < 1.29 is 31.0 Å². The predicted molar refractivity (Wildman–Crippen MR) is 104 cm³/mol. The number of hydrogen-bond acceptors (Lipinski definition) is 5. The van der Waals surface area contributed by atoms with Crippen molar-refractivity contribution in [2.24, 2.45) is 17.8 Å². The minimum absolute atomic E-state index is 0.126. The zero-order valence-electron chi connectivity index (χ0n) is 16.6. The van der Waals surface area contributed by atoms with Crippen LogP contribution in [0.4, 0.5) is 8.78 Å². The fraction of sp³-hybridized carbons (Fsp3) is 0.619. The van der Waals surface area contributed by atoms with E-state index in [-0.39, 0.29) is 5.56 Å². The molecule has 4 fully saturated rings. The van der Waals surface area contributed by atoms with Crippen LogP contribution >= 0.6 is 0 Å². The SMILES string of the molecule is CC(OS(=O)(=O)C(F)(F)C(=O)NC12CC3CC(CC(C3)C1)C2)C(=O)c1ccccc1. The van der Waals surface area contributed by atoms with E-state index in [0.29, 0.717) is 37.0 Å². The number of halogens is 2. The highest BCUT2D eigenvalue weighted by atomic mass is 32.2. The number of Topliss-reactive ketones (excluding diaryl/α,β-unsaturated/α-hetero) is 1. The lowest BCUT2D eigenvalue weighted by molar-refractivity contribution is -0.142. The number of benzene rings is 1. The molecule has 1 aromatic carbocycles. The maximum atomic E-state index is 14.7. The van der Waals surface area contributed by atoms with Gasteiger partial charge in [-0.05, 0) is 63.2 Å². The normalized spacial score (nSPS) is 31.4. The molecule has 30 heavy (non-hydrogen) atoms. The Morgan fingerprint density at radius 1 is 1.07 bits per heavy atom. The first-order valence-corrected chi connectivity index (χ1v) is 11.6. The van der Waals surface area contributed by atoms with Crippen LogP contribution in [0.3, 0.4) is 0 Å². The second-order valence-electron chi connectivity index (χ2n) is 9.09. The Kier molecular flexibility index (Phi) is 5.25. The fourth-order valence-electron chi connectivity index (χ4n) is 5.82. The molecule has 4 bridgehead atoms. The number of amides is 1. The molecular formula is C21H25F2NO5S. The molecule has 1 amide bonds. The van der Waals surface area contributed by atoms with E-state index in [2.05, 4.69) is 9.50 Å². The molecule has 4 aliphatic rings. The summed E-state index contributed by atoms with van der Waals surface area (Å²) in [6.07, 6.45) is 3.26. The summed E-state index contributed by atoms with van der Waals surface area (Å²) in [7, 11) is -5.66. The molecule has 0 radical (unpaired) electrons. The van der Waals surface area contributed by atoms with Crippen molar-refractivity contribution >= 4 is 21.8 Å². The number of ketones is 1. The van der Waals surface area contributed by atoms with E-state index in [1.54, 1.807) is 18.2 Å². The van der Waals surface area contributed by atoms with Crippen molar-refractivity contribution in [1.29, 1.82) is 0 Å². The average Bonchev–Trinajstić information content (AvgIpc) is 2.66. The zero-order valence-corrected chi connectivity index (χ0v) is 17.5. The Morgan fingerprint density at radius 3 is 2.07 bits per heavy atom. The van der Waals surface area contributed by atoms with Crippen molar-refractivity contribution in [2.45, 2.75) is 62.3 Å². The summed E-state index contributed by atoms with van der Waals surface area (Å²) in [5.74, 6) is -1.47. The highest BCUT2D eigenvalue weighted by molar-refractivity contribution is 7.88. The smallest absolute Gasteiger partial charge is 0.344 e. The molecule has 9 heteroatoms. The van der Waals surface area contributed by atoms with E-state index in [0.717, 1.165) is 26.2 Å². The van der Waals surface area contributed by atoms with Gasteiger partial charge in [0.2, 0.25) is 0 Å². The van der Waals surface area contributed by atoms with Crippen LogP contribution in [0.5, 0.6) is 0 Å². The van der Waals surface area contributed by atoms with Gasteiger partial charge in [-0.2, -0.15) is 17.2 Å². The molecular weight excluding hydrogens is 416 g/mol. The second kappa shape index (κ2) is 7.37. The molecule has 6 nitrogen and oxygen atoms in total. The summed E-state index contributed by atoms with van der Waals surface area (Å²) in [5.41, 5.74) is -0.641. The Morgan fingerprint density at radius 2 is 1.57 bits per heavy atom. The fourth-order valence-corrected chi connectivity index (χ4v) is 6.69. The number of alkyl halides is 2. The maximum absolute atomic E-state index is 14.7. The molecule has 0 aliphatic heterocycles. The third-order valence-electron chi connectivity index (χ3n) is 6.69. The van der Waals surface area contributed by atoms with Crippen LogP contribution in [-0.2, 0) is 19.1 Å². The van der Waals surface area contributed by atoms with Crippen molar-refractivity contribution in [3.63, 3.8) is 0 Å². The van der Waals surface area contributed by atoms with Crippen molar-refractivity contribution in [2.75, 3.05) is 0 Å². The lowest BCUT2D eigenvalue weighted by atomic mass is 9.53. The molecule has 5 rings (SSSR count). The van der Waals surface area contributed by atoms with Crippen molar-refractivity contribution in [3.05, 3.63) is 35.9 Å². The summed E-state index contributed by atoms with van der Waals surface area (Å²) in [5, 5.41) is -2.42. The number of nitrogens with one attached hydrogen (secondary N) is 1. The van der Waals surface area contributed by atoms with Gasteiger partial charge in [0.1, 0.15) is 6.10 Å². The molecule has 4 saturated carbocycles. The van der Waals surface area contributed by atoms with Gasteiger partial charge in [-0.3, -0.25) is 13.8 Å². The second-order valence-corrected chi connectivity index (χ2v) is 10.7. The minimum atomic E-state index is -5.66. The van der Waals surface area contributed by atoms with Crippen molar-refractivity contribution in [1.82, 2.24) is 5.32 Å². The molecule has 1 unspecified atom stereocenters. The molecule has 1 aromatic rings. The van der Waals surface area contributed by atoms with Crippen LogP contribution in [0, 0.1) is 17.8 Å². The third kappa shape index (κ3) is 3.77. The average molecular weight is 441 g/mol. The third-order valence-corrected chi connectivity index (χ3v) is 8.05. The monoisotopic (exact) mass is 441 g/mol. The first-order valence-electron chi connectivity index (χ1n) is 10.2. The van der Waals surface area contributed by atoms with Gasteiger partial charge in [-0.25, -0.2) is 0 Å². The van der Waals surface area contributed by atoms with Gasteiger partial charge in [0.15, 0.2) is 5.78 Å². The lowest BCUT2D eigenvalue weighted by Gasteiger charge is -2.57. The summed E-state index contributed by atoms with van der Waals surface area (Å²) in [6, 6.07) is 7.62. The molecule has 1 atom stereocenters. The molecule has 0 saturated heterocycles. The standard InChI is InChI=1S/C21H25F2NO5S/c1-13(18(25)17-5-3-2-4-6-17)29-30(27,28)21(22,23)19(26)24-20-10-14-7-15(11-20)9-16(8-14)12-20/h2-6,13-16H,7-12H2,1H3,(H,24,26). The highest BCUT2D eigenvalue weighted by Crippen LogP contribution is 2.55. The van der Waals surface area contributed by atoms with E-state index in [1.165, 1.54) is 12.1 Å². The Hall–Kier alpha value is -1.87. The van der Waals surface area contributed by atoms with Crippen LogP contribution in [-0.4, -0.2) is 37.0 Å². The van der Waals surface area contributed by atoms with Crippen LogP contribution in [0.25, 0.3) is 0 Å². The molecule has 4 aliphatic carbocycles. The number of hydrogen-bond donors (Lipinski definition) is 1. The first-order chi connectivity index (χ1) is 14.0. The quantitative estimate of drug-likeness (QED) is 0.518. The van der Waals surface area contributed by atoms with Crippen LogP contribution in [0.2, 0.25) is 0 Å². The van der Waals surface area contributed by atoms with Gasteiger partial charge < -0.3 is 5.32 Å². The molecule has 0 spiro atoms. The molecule has 0 heterocycles. The van der Waals surface area contributed by atoms with E-state index >= 15 is 0 Å². The summed E-state index contributed by atoms with van der Waals surface area (Å²) >= 11 is 0. The Labute approximate surface area is 174 Å². The van der Waals surface area contributed by atoms with Gasteiger partial charge in [-0.1, -0.05) is 30.3 Å². The predicted octanol–water partition coefficient (Wildman–Crippen LogP) is 3.28. The van der Waals surface area contributed by atoms with E-state index in [9.17, 15) is 26.8 Å². The van der Waals surface area contributed by atoms with E-state index in [1.807, 2.05) is 0 Å². The van der Waals surface area contributed by atoms with Crippen LogP contribution < -0.4 is 5.32 Å². The van der Waals surface area contributed by atoms with Crippen LogP contribution in [0.15, 0.2) is 30.3 Å². The largest absolute Gasteiger partial charge is 0.446 e. The summed E-state index contributed by atoms with van der Waals surface area (Å²) in [6.45, 7) is 1.07. The maximum Gasteiger partial charge on any atom is 0.446 e. The molecule has 1 N–H and O–H groups in total. The van der Waals surface area contributed by atoms with Gasteiger partial charge in [0.25, 0.3) is 0 Å². The lowest BCUT2D eigenvalue weighted by Crippen LogP contribution is -2.63. The minimum Gasteiger partial charge on any atom is -0.344 e.